The number of pyridine rings is 3. The van der Waals surface area contributed by atoms with Crippen LogP contribution >= 0.6 is 0 Å². The minimum Gasteiger partial charge on any atom is -0.454 e. The van der Waals surface area contributed by atoms with Gasteiger partial charge in [-0.2, -0.15) is 0 Å². The van der Waals surface area contributed by atoms with Crippen LogP contribution in [0.5, 0.6) is 0 Å². The SMILES string of the molecule is c1ccc2c(c1)oc1cnc(-c3ccc4ccncc4n3)cc12. The summed E-state index contributed by atoms with van der Waals surface area (Å²) in [6.07, 6.45) is 5.30. The summed E-state index contributed by atoms with van der Waals surface area (Å²) in [6, 6.07) is 16.0. The Balaban J connectivity index is 1.76. The molecule has 0 saturated carbocycles. The van der Waals surface area contributed by atoms with E-state index < -0.39 is 0 Å². The van der Waals surface area contributed by atoms with Gasteiger partial charge in [0.25, 0.3) is 0 Å². The second kappa shape index (κ2) is 4.61. The minimum absolute atomic E-state index is 0.789. The van der Waals surface area contributed by atoms with Gasteiger partial charge >= 0.3 is 0 Å². The molecule has 0 atom stereocenters. The summed E-state index contributed by atoms with van der Waals surface area (Å²) in [5, 5.41) is 3.21. The molecule has 0 spiro atoms. The summed E-state index contributed by atoms with van der Waals surface area (Å²) in [5.74, 6) is 0. The fourth-order valence-electron chi connectivity index (χ4n) is 2.88. The molecule has 1 aromatic carbocycles. The van der Waals surface area contributed by atoms with Crippen molar-refractivity contribution in [1.29, 1.82) is 0 Å². The zero-order chi connectivity index (χ0) is 15.2. The van der Waals surface area contributed by atoms with Gasteiger partial charge in [-0.05, 0) is 24.3 Å². The highest BCUT2D eigenvalue weighted by Crippen LogP contribution is 2.30. The normalized spacial score (nSPS) is 11.5. The maximum atomic E-state index is 5.82. The van der Waals surface area contributed by atoms with Crippen molar-refractivity contribution in [2.45, 2.75) is 0 Å². The van der Waals surface area contributed by atoms with E-state index in [0.29, 0.717) is 0 Å². The first-order valence-electron chi connectivity index (χ1n) is 7.37. The van der Waals surface area contributed by atoms with Gasteiger partial charge in [0.05, 0.1) is 29.3 Å². The third-order valence-electron chi connectivity index (χ3n) is 4.02. The minimum atomic E-state index is 0.789. The molecule has 0 amide bonds. The topological polar surface area (TPSA) is 51.8 Å². The van der Waals surface area contributed by atoms with E-state index in [1.807, 2.05) is 42.5 Å². The molecule has 0 N–H and O–H groups in total. The van der Waals surface area contributed by atoms with E-state index in [1.165, 1.54) is 0 Å². The zero-order valence-electron chi connectivity index (χ0n) is 12.1. The van der Waals surface area contributed by atoms with Crippen molar-refractivity contribution >= 4 is 32.8 Å². The van der Waals surface area contributed by atoms with Crippen molar-refractivity contribution in [2.24, 2.45) is 0 Å². The second-order valence-corrected chi connectivity index (χ2v) is 5.43. The average Bonchev–Trinajstić information content (AvgIpc) is 2.99. The number of furan rings is 1. The van der Waals surface area contributed by atoms with Crippen LogP contribution < -0.4 is 0 Å². The average molecular weight is 297 g/mol. The van der Waals surface area contributed by atoms with Crippen molar-refractivity contribution in [1.82, 2.24) is 15.0 Å². The smallest absolute Gasteiger partial charge is 0.153 e. The molecule has 4 aromatic heterocycles. The molecule has 4 heteroatoms. The van der Waals surface area contributed by atoms with E-state index in [-0.39, 0.29) is 0 Å². The standard InChI is InChI=1S/C19H11N3O/c1-2-4-18-13(3-1)14-9-16(21-11-19(14)23-18)15-6-5-12-7-8-20-10-17(12)22-15/h1-11H. The first-order valence-corrected chi connectivity index (χ1v) is 7.37. The Bertz CT molecular complexity index is 1180. The Morgan fingerprint density at radius 1 is 0.783 bits per heavy atom. The quantitative estimate of drug-likeness (QED) is 0.454. The lowest BCUT2D eigenvalue weighted by Gasteiger charge is -2.02. The molecule has 4 heterocycles. The molecule has 0 saturated heterocycles. The number of aromatic nitrogens is 3. The summed E-state index contributed by atoms with van der Waals surface area (Å²) in [6.45, 7) is 0. The molecule has 108 valence electrons. The lowest BCUT2D eigenvalue weighted by molar-refractivity contribution is 0.667. The van der Waals surface area contributed by atoms with E-state index in [0.717, 1.165) is 44.2 Å². The lowest BCUT2D eigenvalue weighted by Crippen LogP contribution is -1.88. The molecule has 0 aliphatic rings. The van der Waals surface area contributed by atoms with Gasteiger partial charge in [0.2, 0.25) is 0 Å². The van der Waals surface area contributed by atoms with Gasteiger partial charge in [-0.25, -0.2) is 4.98 Å². The van der Waals surface area contributed by atoms with Gasteiger partial charge in [-0.1, -0.05) is 24.3 Å². The molecular formula is C19H11N3O. The van der Waals surface area contributed by atoms with E-state index in [1.54, 1.807) is 18.6 Å². The predicted octanol–water partition coefficient (Wildman–Crippen LogP) is 4.59. The number of rotatable bonds is 1. The summed E-state index contributed by atoms with van der Waals surface area (Å²) in [4.78, 5) is 13.3. The molecule has 0 aliphatic heterocycles. The highest BCUT2D eigenvalue weighted by Gasteiger charge is 2.10. The van der Waals surface area contributed by atoms with Gasteiger partial charge in [0.1, 0.15) is 5.58 Å². The molecule has 0 aliphatic carbocycles. The fraction of sp³-hybridized carbons (Fsp3) is 0. The number of para-hydroxylation sites is 1. The van der Waals surface area contributed by atoms with Gasteiger partial charge in [-0.15, -0.1) is 0 Å². The van der Waals surface area contributed by atoms with Gasteiger partial charge < -0.3 is 4.42 Å². The Kier molecular flexibility index (Phi) is 2.46. The Morgan fingerprint density at radius 2 is 1.74 bits per heavy atom. The zero-order valence-corrected chi connectivity index (χ0v) is 12.1. The van der Waals surface area contributed by atoms with Crippen LogP contribution in [0, 0.1) is 0 Å². The number of hydrogen-bond donors (Lipinski definition) is 0. The van der Waals surface area contributed by atoms with E-state index in [9.17, 15) is 0 Å². The summed E-state index contributed by atoms with van der Waals surface area (Å²) in [5.41, 5.74) is 4.19. The van der Waals surface area contributed by atoms with E-state index >= 15 is 0 Å². The van der Waals surface area contributed by atoms with Crippen molar-refractivity contribution < 1.29 is 4.42 Å². The largest absolute Gasteiger partial charge is 0.454 e. The molecule has 0 bridgehead atoms. The molecule has 0 fully saturated rings. The van der Waals surface area contributed by atoms with E-state index in [2.05, 4.69) is 21.0 Å². The Morgan fingerprint density at radius 3 is 2.74 bits per heavy atom. The van der Waals surface area contributed by atoms with Crippen LogP contribution in [0.25, 0.3) is 44.2 Å². The van der Waals surface area contributed by atoms with Gasteiger partial charge in [0.15, 0.2) is 5.58 Å². The monoisotopic (exact) mass is 297 g/mol. The third kappa shape index (κ3) is 1.89. The second-order valence-electron chi connectivity index (χ2n) is 5.43. The highest BCUT2D eigenvalue weighted by molar-refractivity contribution is 6.05. The maximum absolute atomic E-state index is 5.82. The molecule has 0 radical (unpaired) electrons. The summed E-state index contributed by atoms with van der Waals surface area (Å²) >= 11 is 0. The Labute approximate surface area is 131 Å². The van der Waals surface area contributed by atoms with Crippen LogP contribution in [-0.4, -0.2) is 15.0 Å². The predicted molar refractivity (Wildman–Crippen MR) is 90.0 cm³/mol. The van der Waals surface area contributed by atoms with Crippen molar-refractivity contribution in [3.8, 4) is 11.4 Å². The maximum Gasteiger partial charge on any atom is 0.153 e. The van der Waals surface area contributed by atoms with Crippen LogP contribution in [0.1, 0.15) is 0 Å². The van der Waals surface area contributed by atoms with Crippen LogP contribution in [0.3, 0.4) is 0 Å². The molecule has 5 aromatic rings. The molecule has 5 rings (SSSR count). The number of hydrogen-bond acceptors (Lipinski definition) is 4. The number of nitrogens with zero attached hydrogens (tertiary/aromatic N) is 3. The molecule has 0 unspecified atom stereocenters. The van der Waals surface area contributed by atoms with Crippen molar-refractivity contribution in [3.63, 3.8) is 0 Å². The van der Waals surface area contributed by atoms with Crippen molar-refractivity contribution in [3.05, 3.63) is 67.1 Å². The molecule has 23 heavy (non-hydrogen) atoms. The van der Waals surface area contributed by atoms with Crippen molar-refractivity contribution in [2.75, 3.05) is 0 Å². The lowest BCUT2D eigenvalue weighted by atomic mass is 10.1. The van der Waals surface area contributed by atoms with Gasteiger partial charge in [0, 0.05) is 22.4 Å². The third-order valence-corrected chi connectivity index (χ3v) is 4.02. The van der Waals surface area contributed by atoms with E-state index in [4.69, 9.17) is 4.42 Å². The van der Waals surface area contributed by atoms with Crippen LogP contribution in [0.4, 0.5) is 0 Å². The highest BCUT2D eigenvalue weighted by atomic mass is 16.3. The summed E-state index contributed by atoms with van der Waals surface area (Å²) in [7, 11) is 0. The van der Waals surface area contributed by atoms with Gasteiger partial charge in [-0.3, -0.25) is 9.97 Å². The first kappa shape index (κ1) is 12.3. The fourth-order valence-corrected chi connectivity index (χ4v) is 2.88. The molecular weight excluding hydrogens is 286 g/mol. The Hall–Kier alpha value is -3.27. The molecule has 4 nitrogen and oxygen atoms in total. The number of benzene rings is 1. The van der Waals surface area contributed by atoms with Crippen LogP contribution in [0.15, 0.2) is 71.5 Å². The number of fused-ring (bicyclic) bond motifs is 4. The van der Waals surface area contributed by atoms with Crippen LogP contribution in [0.2, 0.25) is 0 Å². The summed E-state index contributed by atoms with van der Waals surface area (Å²) < 4.78 is 5.82. The first-order chi connectivity index (χ1) is 11.4. The van der Waals surface area contributed by atoms with Crippen LogP contribution in [-0.2, 0) is 0 Å².